The highest BCUT2D eigenvalue weighted by atomic mass is 32.1. The molecule has 0 fully saturated rings. The molecule has 0 atom stereocenters. The first kappa shape index (κ1) is 31.2. The van der Waals surface area contributed by atoms with Crippen molar-refractivity contribution in [2.24, 2.45) is 10.3 Å². The monoisotopic (exact) mass is 696 g/mol. The van der Waals surface area contributed by atoms with Crippen LogP contribution < -0.4 is 0 Å². The maximum absolute atomic E-state index is 5.79. The minimum Gasteiger partial charge on any atom is -0.395 e. The maximum Gasteiger partial charge on any atom is 0.235 e. The quantitative estimate of drug-likeness (QED) is 0.0772. The molecule has 8 rings (SSSR count). The van der Waals surface area contributed by atoms with Crippen LogP contribution in [-0.4, -0.2) is 64.3 Å². The van der Waals surface area contributed by atoms with Crippen molar-refractivity contribution in [2.45, 2.75) is 12.8 Å². The summed E-state index contributed by atoms with van der Waals surface area (Å²) in [5.74, 6) is 1.34. The predicted octanol–water partition coefficient (Wildman–Crippen LogP) is 6.38. The average Bonchev–Trinajstić information content (AvgIpc) is 3.96. The van der Waals surface area contributed by atoms with Crippen LogP contribution in [0, 0.1) is 0 Å². The highest BCUT2D eigenvalue weighted by molar-refractivity contribution is 7.26. The highest BCUT2D eigenvalue weighted by Crippen LogP contribution is 2.29. The second-order valence-electron chi connectivity index (χ2n) is 10.9. The van der Waals surface area contributed by atoms with Crippen LogP contribution in [0.5, 0.6) is 0 Å². The normalized spacial score (nSPS) is 11.1. The lowest BCUT2D eigenvalue weighted by Crippen LogP contribution is -2.06. The third-order valence-corrected chi connectivity index (χ3v) is 9.57. The van der Waals surface area contributed by atoms with E-state index >= 15 is 0 Å². The Morgan fingerprint density at radius 3 is 1.16 bits per heavy atom. The molecule has 0 aliphatic rings. The summed E-state index contributed by atoms with van der Waals surface area (Å²) in [5, 5.41) is 37.3. The molecular weight excluding hydrogens is 669 g/mol. The van der Waals surface area contributed by atoms with Gasteiger partial charge >= 0.3 is 0 Å². The van der Waals surface area contributed by atoms with E-state index in [1.165, 1.54) is 22.7 Å². The van der Waals surface area contributed by atoms with Crippen LogP contribution in [0.3, 0.4) is 0 Å². The SMILES string of the molecule is c1ccc(C(=NOCCc2nnc3sc(-c4nn5c(CCON=C(c6ccccc6)c6ccccc6)nnc5s4)nn23)c2ccccc2)cc1. The van der Waals surface area contributed by atoms with E-state index in [4.69, 9.17) is 19.9 Å². The summed E-state index contributed by atoms with van der Waals surface area (Å²) in [7, 11) is 0. The van der Waals surface area contributed by atoms with E-state index in [0.29, 0.717) is 57.6 Å². The number of nitrogens with zero attached hydrogens (tertiary/aromatic N) is 10. The van der Waals surface area contributed by atoms with Gasteiger partial charge in [-0.2, -0.15) is 19.2 Å². The molecule has 0 spiro atoms. The number of aromatic nitrogens is 8. The van der Waals surface area contributed by atoms with Gasteiger partial charge in [0, 0.05) is 35.1 Å². The van der Waals surface area contributed by atoms with Gasteiger partial charge in [0.15, 0.2) is 21.7 Å². The van der Waals surface area contributed by atoms with Crippen LogP contribution in [0.25, 0.3) is 19.9 Å². The van der Waals surface area contributed by atoms with E-state index in [9.17, 15) is 0 Å². The smallest absolute Gasteiger partial charge is 0.235 e. The summed E-state index contributed by atoms with van der Waals surface area (Å²) in [4.78, 5) is 12.9. The molecule has 0 bridgehead atoms. The minimum absolute atomic E-state index is 0.307. The second kappa shape index (κ2) is 14.6. The number of hydrogen-bond donors (Lipinski definition) is 0. The molecule has 246 valence electrons. The van der Waals surface area contributed by atoms with Crippen molar-refractivity contribution in [3.05, 3.63) is 155 Å². The molecule has 4 aromatic carbocycles. The molecule has 0 saturated heterocycles. The molecule has 8 aromatic rings. The zero-order chi connectivity index (χ0) is 33.5. The van der Waals surface area contributed by atoms with E-state index in [-0.39, 0.29) is 0 Å². The molecule has 0 radical (unpaired) electrons. The fraction of sp³-hybridized carbons (Fsp3) is 0.111. The molecule has 50 heavy (non-hydrogen) atoms. The summed E-state index contributed by atoms with van der Waals surface area (Å²) in [6.07, 6.45) is 0.942. The summed E-state index contributed by atoms with van der Waals surface area (Å²) in [6, 6.07) is 39.9. The topological polar surface area (TPSA) is 129 Å². The molecule has 14 heteroatoms. The van der Waals surface area contributed by atoms with Crippen molar-refractivity contribution in [1.82, 2.24) is 39.6 Å². The Balaban J connectivity index is 0.935. The van der Waals surface area contributed by atoms with Crippen molar-refractivity contribution in [3.8, 4) is 10.0 Å². The summed E-state index contributed by atoms with van der Waals surface area (Å²) >= 11 is 2.82. The van der Waals surface area contributed by atoms with E-state index in [0.717, 1.165) is 33.7 Å². The molecule has 0 unspecified atom stereocenters. The van der Waals surface area contributed by atoms with Gasteiger partial charge in [-0.15, -0.1) is 20.4 Å². The van der Waals surface area contributed by atoms with Crippen molar-refractivity contribution >= 4 is 44.0 Å². The molecule has 4 heterocycles. The number of oxime groups is 2. The Morgan fingerprint density at radius 1 is 0.480 bits per heavy atom. The summed E-state index contributed by atoms with van der Waals surface area (Å²) < 4.78 is 3.46. The van der Waals surface area contributed by atoms with Crippen LogP contribution >= 0.6 is 22.7 Å². The Labute approximate surface area is 294 Å². The van der Waals surface area contributed by atoms with Crippen LogP contribution in [0.1, 0.15) is 33.9 Å². The highest BCUT2D eigenvalue weighted by Gasteiger charge is 2.19. The molecule has 0 saturated carbocycles. The Kier molecular flexibility index (Phi) is 9.07. The Bertz CT molecular complexity index is 2130. The molecule has 12 nitrogen and oxygen atoms in total. The van der Waals surface area contributed by atoms with Crippen molar-refractivity contribution in [3.63, 3.8) is 0 Å². The van der Waals surface area contributed by atoms with Crippen molar-refractivity contribution in [1.29, 1.82) is 0 Å². The molecule has 4 aromatic heterocycles. The lowest BCUT2D eigenvalue weighted by molar-refractivity contribution is 0.146. The van der Waals surface area contributed by atoms with Crippen LogP contribution in [0.2, 0.25) is 0 Å². The fourth-order valence-electron chi connectivity index (χ4n) is 5.22. The van der Waals surface area contributed by atoms with E-state index in [2.05, 4.69) is 30.7 Å². The van der Waals surface area contributed by atoms with Crippen LogP contribution in [0.15, 0.2) is 132 Å². The van der Waals surface area contributed by atoms with Gasteiger partial charge in [-0.05, 0) is 0 Å². The van der Waals surface area contributed by atoms with Gasteiger partial charge in [0.25, 0.3) is 0 Å². The van der Waals surface area contributed by atoms with Crippen molar-refractivity contribution < 1.29 is 9.68 Å². The molecule has 0 N–H and O–H groups in total. The third-order valence-electron chi connectivity index (χ3n) is 7.63. The van der Waals surface area contributed by atoms with Gasteiger partial charge in [0.2, 0.25) is 9.92 Å². The number of rotatable bonds is 13. The third kappa shape index (κ3) is 6.74. The second-order valence-corrected chi connectivity index (χ2v) is 12.9. The Hall–Kier alpha value is -6.12. The number of benzene rings is 4. The van der Waals surface area contributed by atoms with Gasteiger partial charge in [-0.25, -0.2) is 0 Å². The minimum atomic E-state index is 0.307. The van der Waals surface area contributed by atoms with E-state index in [1.807, 2.05) is 121 Å². The fourth-order valence-corrected chi connectivity index (χ4v) is 6.95. The Morgan fingerprint density at radius 2 is 0.820 bits per heavy atom. The first-order valence-corrected chi connectivity index (χ1v) is 17.5. The first-order valence-electron chi connectivity index (χ1n) is 15.8. The van der Waals surface area contributed by atoms with Gasteiger partial charge < -0.3 is 9.68 Å². The van der Waals surface area contributed by atoms with Crippen molar-refractivity contribution in [2.75, 3.05) is 13.2 Å². The lowest BCUT2D eigenvalue weighted by Gasteiger charge is -2.07. The van der Waals surface area contributed by atoms with E-state index in [1.54, 1.807) is 9.03 Å². The van der Waals surface area contributed by atoms with Crippen LogP contribution in [0.4, 0.5) is 0 Å². The standard InChI is InChI=1S/C36H28N10O2S2/c1-5-13-25(14-6-1)31(26-15-7-2-8-16-26)43-47-23-21-29-37-39-35-45(29)41-33(49-35)34-42-46-30(38-40-36(46)50-34)22-24-48-44-32(27-17-9-3-10-18-27)28-19-11-4-12-20-28/h1-20H,21-24H2. The van der Waals surface area contributed by atoms with Gasteiger partial charge in [0.1, 0.15) is 24.6 Å². The molecule has 0 aliphatic heterocycles. The van der Waals surface area contributed by atoms with Gasteiger partial charge in [-0.1, -0.05) is 154 Å². The number of hydrogen-bond acceptors (Lipinski definition) is 12. The predicted molar refractivity (Wildman–Crippen MR) is 193 cm³/mol. The van der Waals surface area contributed by atoms with E-state index < -0.39 is 0 Å². The maximum atomic E-state index is 5.79. The lowest BCUT2D eigenvalue weighted by atomic mass is 10.0. The molecule has 0 aliphatic carbocycles. The zero-order valence-electron chi connectivity index (χ0n) is 26.5. The number of fused-ring (bicyclic) bond motifs is 2. The van der Waals surface area contributed by atoms with Gasteiger partial charge in [0.05, 0.1) is 0 Å². The first-order chi connectivity index (χ1) is 24.8. The summed E-state index contributed by atoms with van der Waals surface area (Å²) in [5.41, 5.74) is 5.42. The molecule has 0 amide bonds. The average molecular weight is 697 g/mol. The zero-order valence-corrected chi connectivity index (χ0v) is 28.1. The largest absolute Gasteiger partial charge is 0.395 e. The summed E-state index contributed by atoms with van der Waals surface area (Å²) in [6.45, 7) is 0.614. The molecular formula is C36H28N10O2S2. The van der Waals surface area contributed by atoms with Gasteiger partial charge in [-0.3, -0.25) is 0 Å². The van der Waals surface area contributed by atoms with Crippen LogP contribution in [-0.2, 0) is 22.5 Å².